The van der Waals surface area contributed by atoms with Gasteiger partial charge < -0.3 is 10.4 Å². The Hall–Kier alpha value is -1.48. The van der Waals surface area contributed by atoms with Gasteiger partial charge in [-0.25, -0.2) is 0 Å². The molecule has 1 aromatic carbocycles. The van der Waals surface area contributed by atoms with Crippen molar-refractivity contribution in [3.05, 3.63) is 39.8 Å². The lowest BCUT2D eigenvalue weighted by molar-refractivity contribution is -0.129. The van der Waals surface area contributed by atoms with Crippen LogP contribution in [0.5, 0.6) is 0 Å². The molecule has 0 saturated carbocycles. The normalized spacial score (nSPS) is 25.0. The van der Waals surface area contributed by atoms with Crippen LogP contribution in [-0.2, 0) is 9.59 Å². The molecule has 2 saturated heterocycles. The van der Waals surface area contributed by atoms with Crippen molar-refractivity contribution in [1.82, 2.24) is 10.2 Å². The summed E-state index contributed by atoms with van der Waals surface area (Å²) in [5, 5.41) is 12.4. The molecule has 0 bridgehead atoms. The zero-order chi connectivity index (χ0) is 18.0. The number of hydrogen-bond acceptors (Lipinski definition) is 6. The molecule has 2 N–H and O–H groups in total. The van der Waals surface area contributed by atoms with Crippen molar-refractivity contribution in [2.45, 2.75) is 12.1 Å². The molecular weight excluding hydrogens is 384 g/mol. The minimum atomic E-state index is -0.607. The van der Waals surface area contributed by atoms with E-state index < -0.39 is 23.2 Å². The third kappa shape index (κ3) is 4.20. The second-order valence-corrected chi connectivity index (χ2v) is 8.04. The molecule has 2 atom stereocenters. The summed E-state index contributed by atoms with van der Waals surface area (Å²) in [6.45, 7) is -0.363. The molecule has 1 aromatic rings. The van der Waals surface area contributed by atoms with Crippen LogP contribution in [-0.4, -0.2) is 57.3 Å². The first-order valence-electron chi connectivity index (χ1n) is 7.51. The van der Waals surface area contributed by atoms with Crippen LogP contribution >= 0.6 is 35.1 Å². The fourth-order valence-corrected chi connectivity index (χ4v) is 4.64. The number of nitrogens with one attached hydrogen (secondary N) is 1. The maximum atomic E-state index is 12.4. The van der Waals surface area contributed by atoms with Gasteiger partial charge in [0, 0.05) is 16.5 Å². The Morgan fingerprint density at radius 1 is 1.36 bits per heavy atom. The van der Waals surface area contributed by atoms with Crippen molar-refractivity contribution in [1.29, 1.82) is 0 Å². The van der Waals surface area contributed by atoms with Crippen LogP contribution in [0.1, 0.15) is 5.56 Å². The number of aliphatic hydroxyl groups is 1. The van der Waals surface area contributed by atoms with Crippen molar-refractivity contribution in [3.63, 3.8) is 0 Å². The van der Waals surface area contributed by atoms with Gasteiger partial charge in [-0.2, -0.15) is 11.8 Å². The Morgan fingerprint density at radius 2 is 2.12 bits per heavy atom. The molecule has 3 amide bonds. The van der Waals surface area contributed by atoms with Crippen LogP contribution in [0.3, 0.4) is 0 Å². The average molecular weight is 399 g/mol. The van der Waals surface area contributed by atoms with E-state index in [9.17, 15) is 19.5 Å². The minimum Gasteiger partial charge on any atom is -0.390 e. The highest BCUT2D eigenvalue weighted by Crippen LogP contribution is 2.33. The van der Waals surface area contributed by atoms with E-state index in [0.717, 1.165) is 16.7 Å². The van der Waals surface area contributed by atoms with Gasteiger partial charge in [0.05, 0.1) is 17.1 Å². The molecule has 0 aliphatic carbocycles. The quantitative estimate of drug-likeness (QED) is 0.754. The van der Waals surface area contributed by atoms with Gasteiger partial charge in [-0.15, -0.1) is 0 Å². The molecule has 2 unspecified atom stereocenters. The Kier molecular flexibility index (Phi) is 5.73. The molecule has 0 radical (unpaired) electrons. The molecule has 9 heteroatoms. The SMILES string of the molecule is O=C(CN1C(=O)S/C(=C\c2ccccc2Cl)C1=O)NC1CSCC1O. The smallest absolute Gasteiger partial charge is 0.294 e. The molecule has 2 fully saturated rings. The lowest BCUT2D eigenvalue weighted by Crippen LogP contribution is -2.47. The number of nitrogens with zero attached hydrogens (tertiary/aromatic N) is 1. The number of carbonyl (C=O) groups is 3. The topological polar surface area (TPSA) is 86.7 Å². The first-order chi connectivity index (χ1) is 12.0. The van der Waals surface area contributed by atoms with Gasteiger partial charge in [-0.1, -0.05) is 29.8 Å². The lowest BCUT2D eigenvalue weighted by Gasteiger charge is -2.18. The average Bonchev–Trinajstić information content (AvgIpc) is 3.08. The molecule has 132 valence electrons. The van der Waals surface area contributed by atoms with Crippen molar-refractivity contribution < 1.29 is 19.5 Å². The number of amides is 3. The van der Waals surface area contributed by atoms with Gasteiger partial charge in [0.15, 0.2) is 0 Å². The summed E-state index contributed by atoms with van der Waals surface area (Å²) in [5.41, 5.74) is 0.630. The zero-order valence-corrected chi connectivity index (χ0v) is 15.4. The number of hydrogen-bond donors (Lipinski definition) is 2. The summed E-state index contributed by atoms with van der Waals surface area (Å²) < 4.78 is 0. The van der Waals surface area contributed by atoms with Gasteiger partial charge in [-0.3, -0.25) is 19.3 Å². The number of imide groups is 1. The predicted molar refractivity (Wildman–Crippen MR) is 99.4 cm³/mol. The summed E-state index contributed by atoms with van der Waals surface area (Å²) in [7, 11) is 0. The fourth-order valence-electron chi connectivity index (χ4n) is 2.45. The molecular formula is C16H15ClN2O4S2. The van der Waals surface area contributed by atoms with Gasteiger partial charge in [0.2, 0.25) is 5.91 Å². The van der Waals surface area contributed by atoms with Gasteiger partial charge >= 0.3 is 0 Å². The molecule has 0 aromatic heterocycles. The number of benzene rings is 1. The van der Waals surface area contributed by atoms with E-state index in [4.69, 9.17) is 11.6 Å². The minimum absolute atomic E-state index is 0.224. The fraction of sp³-hybridized carbons (Fsp3) is 0.312. The van der Waals surface area contributed by atoms with Crippen LogP contribution < -0.4 is 5.32 Å². The van der Waals surface area contributed by atoms with Gasteiger partial charge in [0.1, 0.15) is 6.54 Å². The van der Waals surface area contributed by atoms with Gasteiger partial charge in [0.25, 0.3) is 11.1 Å². The third-order valence-electron chi connectivity index (χ3n) is 3.76. The number of rotatable bonds is 4. The number of carbonyl (C=O) groups excluding carboxylic acids is 3. The molecule has 2 aliphatic rings. The molecule has 6 nitrogen and oxygen atoms in total. The first-order valence-corrected chi connectivity index (χ1v) is 9.85. The van der Waals surface area contributed by atoms with E-state index in [1.54, 1.807) is 42.1 Å². The molecule has 2 aliphatic heterocycles. The van der Waals surface area contributed by atoms with Crippen molar-refractivity contribution >= 4 is 58.3 Å². The Labute approximate surface area is 158 Å². The molecule has 25 heavy (non-hydrogen) atoms. The summed E-state index contributed by atoms with van der Waals surface area (Å²) in [4.78, 5) is 37.7. The highest BCUT2D eigenvalue weighted by Gasteiger charge is 2.37. The highest BCUT2D eigenvalue weighted by molar-refractivity contribution is 8.18. The van der Waals surface area contributed by atoms with Crippen molar-refractivity contribution in [3.8, 4) is 0 Å². The zero-order valence-electron chi connectivity index (χ0n) is 13.0. The summed E-state index contributed by atoms with van der Waals surface area (Å²) in [5.74, 6) is 0.188. The van der Waals surface area contributed by atoms with E-state index in [1.165, 1.54) is 0 Å². The molecule has 2 heterocycles. The lowest BCUT2D eigenvalue weighted by atomic mass is 10.2. The van der Waals surface area contributed by atoms with Gasteiger partial charge in [-0.05, 0) is 29.5 Å². The third-order valence-corrected chi connectivity index (χ3v) is 6.19. The van der Waals surface area contributed by atoms with Crippen LogP contribution in [0.2, 0.25) is 5.02 Å². The highest BCUT2D eigenvalue weighted by atomic mass is 35.5. The van der Waals surface area contributed by atoms with Crippen molar-refractivity contribution in [2.24, 2.45) is 0 Å². The van der Waals surface area contributed by atoms with E-state index in [2.05, 4.69) is 5.32 Å². The van der Waals surface area contributed by atoms with E-state index in [-0.39, 0.29) is 17.5 Å². The molecule has 0 spiro atoms. The van der Waals surface area contributed by atoms with Crippen LogP contribution in [0.4, 0.5) is 4.79 Å². The summed E-state index contributed by atoms with van der Waals surface area (Å²) in [6.07, 6.45) is 0.937. The number of thioether (sulfide) groups is 2. The van der Waals surface area contributed by atoms with Crippen molar-refractivity contribution in [2.75, 3.05) is 18.1 Å². The number of aliphatic hydroxyl groups excluding tert-OH is 1. The van der Waals surface area contributed by atoms with Crippen LogP contribution in [0.25, 0.3) is 6.08 Å². The second-order valence-electron chi connectivity index (χ2n) is 5.57. The monoisotopic (exact) mass is 398 g/mol. The Bertz CT molecular complexity index is 755. The van der Waals surface area contributed by atoms with E-state index in [0.29, 0.717) is 22.1 Å². The van der Waals surface area contributed by atoms with Crippen LogP contribution in [0.15, 0.2) is 29.2 Å². The Morgan fingerprint density at radius 3 is 2.80 bits per heavy atom. The first kappa shape index (κ1) is 18.3. The Balaban J connectivity index is 1.67. The standard InChI is InChI=1S/C16H15ClN2O4S2/c17-10-4-2-1-3-9(10)5-13-15(22)19(16(23)25-13)6-14(21)18-11-7-24-8-12(11)20/h1-5,11-12,20H,6-8H2,(H,18,21)/b13-5-. The van der Waals surface area contributed by atoms with Crippen LogP contribution in [0, 0.1) is 0 Å². The van der Waals surface area contributed by atoms with E-state index >= 15 is 0 Å². The largest absolute Gasteiger partial charge is 0.390 e. The number of halogens is 1. The molecule has 3 rings (SSSR count). The van der Waals surface area contributed by atoms with E-state index in [1.807, 2.05) is 0 Å². The summed E-state index contributed by atoms with van der Waals surface area (Å²) >= 11 is 8.38. The predicted octanol–water partition coefficient (Wildman–Crippen LogP) is 1.97. The maximum absolute atomic E-state index is 12.4. The summed E-state index contributed by atoms with van der Waals surface area (Å²) in [6, 6.07) is 6.63. The maximum Gasteiger partial charge on any atom is 0.294 e. The second kappa shape index (κ2) is 7.82.